The number of rotatable bonds is 3. The molecule has 58 valence electrons. The van der Waals surface area contributed by atoms with Gasteiger partial charge < -0.3 is 0 Å². The lowest BCUT2D eigenvalue weighted by atomic mass is 10.4. The maximum Gasteiger partial charge on any atom is 0.142 e. The van der Waals surface area contributed by atoms with Gasteiger partial charge in [0.15, 0.2) is 0 Å². The van der Waals surface area contributed by atoms with E-state index in [4.69, 9.17) is 0 Å². The zero-order valence-electron chi connectivity index (χ0n) is 6.50. The van der Waals surface area contributed by atoms with Crippen LogP contribution in [0.5, 0.6) is 0 Å². The van der Waals surface area contributed by atoms with Gasteiger partial charge in [-0.2, -0.15) is 0 Å². The Morgan fingerprint density at radius 2 is 2.45 bits per heavy atom. The molecule has 0 aliphatic heterocycles. The Hall–Kier alpha value is -0.960. The fourth-order valence-corrected chi connectivity index (χ4v) is 1.58. The van der Waals surface area contributed by atoms with Crippen molar-refractivity contribution in [3.8, 4) is 0 Å². The summed E-state index contributed by atoms with van der Waals surface area (Å²) in [5, 5.41) is 1.96. The van der Waals surface area contributed by atoms with Crippen LogP contribution >= 0.6 is 11.3 Å². The number of aliphatic imine (C=N–C) groups is 1. The smallest absolute Gasteiger partial charge is 0.142 e. The van der Waals surface area contributed by atoms with Crippen LogP contribution in [0.1, 0.15) is 17.6 Å². The largest absolute Gasteiger partial charge is 0.251 e. The van der Waals surface area contributed by atoms with Gasteiger partial charge in [-0.25, -0.2) is 4.98 Å². The topological polar surface area (TPSA) is 25.2 Å². The van der Waals surface area contributed by atoms with Crippen molar-refractivity contribution in [1.82, 2.24) is 4.98 Å². The molecule has 2 nitrogen and oxygen atoms in total. The zero-order valence-corrected chi connectivity index (χ0v) is 7.32. The molecule has 0 aliphatic carbocycles. The van der Waals surface area contributed by atoms with Crippen LogP contribution in [-0.2, 0) is 6.42 Å². The van der Waals surface area contributed by atoms with E-state index in [9.17, 15) is 0 Å². The molecule has 1 aromatic rings. The molecule has 3 heteroatoms. The summed E-state index contributed by atoms with van der Waals surface area (Å²) in [6.07, 6.45) is 2.65. The number of aromatic nitrogens is 1. The molecule has 0 amide bonds. The number of nitrogens with zero attached hydrogens (tertiary/aromatic N) is 2. The lowest BCUT2D eigenvalue weighted by Gasteiger charge is -1.82. The molecule has 1 aromatic heterocycles. The first-order valence-electron chi connectivity index (χ1n) is 3.40. The molecule has 0 atom stereocenters. The van der Waals surface area contributed by atoms with E-state index in [-0.39, 0.29) is 0 Å². The SMILES string of the molecule is C=Cc1nc(CC)sc1N=C. The van der Waals surface area contributed by atoms with E-state index in [1.807, 2.05) is 0 Å². The van der Waals surface area contributed by atoms with Gasteiger partial charge in [0.1, 0.15) is 5.00 Å². The normalized spacial score (nSPS) is 9.55. The molecular weight excluding hydrogens is 156 g/mol. The van der Waals surface area contributed by atoms with Crippen molar-refractivity contribution < 1.29 is 0 Å². The third-order valence-corrected chi connectivity index (χ3v) is 2.47. The van der Waals surface area contributed by atoms with Crippen LogP contribution in [-0.4, -0.2) is 11.7 Å². The average Bonchev–Trinajstić information content (AvgIpc) is 2.46. The first kappa shape index (κ1) is 8.14. The molecule has 11 heavy (non-hydrogen) atoms. The minimum atomic E-state index is 0.849. The predicted molar refractivity (Wildman–Crippen MR) is 50.8 cm³/mol. The number of hydrogen-bond donors (Lipinski definition) is 0. The monoisotopic (exact) mass is 166 g/mol. The maximum absolute atomic E-state index is 4.28. The van der Waals surface area contributed by atoms with Crippen molar-refractivity contribution in [3.05, 3.63) is 17.3 Å². The highest BCUT2D eigenvalue weighted by Crippen LogP contribution is 2.27. The Labute approximate surface area is 70.3 Å². The van der Waals surface area contributed by atoms with Gasteiger partial charge in [-0.05, 0) is 19.2 Å². The molecule has 0 saturated heterocycles. The lowest BCUT2D eigenvalue weighted by Crippen LogP contribution is -1.76. The highest BCUT2D eigenvalue weighted by atomic mass is 32.1. The van der Waals surface area contributed by atoms with Crippen LogP contribution in [0.15, 0.2) is 11.6 Å². The summed E-state index contributed by atoms with van der Waals surface area (Å²) in [6.45, 7) is 9.17. The third-order valence-electron chi connectivity index (χ3n) is 1.32. The molecule has 0 aromatic carbocycles. The fourth-order valence-electron chi connectivity index (χ4n) is 0.766. The van der Waals surface area contributed by atoms with Crippen LogP contribution in [0.2, 0.25) is 0 Å². The van der Waals surface area contributed by atoms with E-state index in [0.29, 0.717) is 0 Å². The van der Waals surface area contributed by atoms with E-state index in [2.05, 4.69) is 30.2 Å². The highest BCUT2D eigenvalue weighted by molar-refractivity contribution is 7.15. The van der Waals surface area contributed by atoms with Crippen LogP contribution < -0.4 is 0 Å². The number of hydrogen-bond acceptors (Lipinski definition) is 3. The highest BCUT2D eigenvalue weighted by Gasteiger charge is 2.03. The van der Waals surface area contributed by atoms with Crippen molar-refractivity contribution in [2.75, 3.05) is 0 Å². The molecule has 1 rings (SSSR count). The van der Waals surface area contributed by atoms with E-state index in [0.717, 1.165) is 22.1 Å². The fraction of sp³-hybridized carbons (Fsp3) is 0.250. The Balaban J connectivity index is 3.11. The second-order valence-electron chi connectivity index (χ2n) is 2.01. The summed E-state index contributed by atoms with van der Waals surface area (Å²) in [5.41, 5.74) is 0.849. The Morgan fingerprint density at radius 3 is 2.82 bits per heavy atom. The van der Waals surface area contributed by atoms with Gasteiger partial charge in [0.05, 0.1) is 10.7 Å². The molecule has 0 unspecified atom stereocenters. The van der Waals surface area contributed by atoms with Crippen molar-refractivity contribution in [2.45, 2.75) is 13.3 Å². The van der Waals surface area contributed by atoms with Gasteiger partial charge in [0, 0.05) is 0 Å². The summed E-state index contributed by atoms with van der Waals surface area (Å²) in [5.74, 6) is 0. The van der Waals surface area contributed by atoms with E-state index in [1.54, 1.807) is 17.4 Å². The van der Waals surface area contributed by atoms with Crippen LogP contribution in [0, 0.1) is 0 Å². The minimum Gasteiger partial charge on any atom is -0.251 e. The summed E-state index contributed by atoms with van der Waals surface area (Å²) in [6, 6.07) is 0. The quantitative estimate of drug-likeness (QED) is 0.634. The van der Waals surface area contributed by atoms with Crippen molar-refractivity contribution in [3.63, 3.8) is 0 Å². The van der Waals surface area contributed by atoms with Gasteiger partial charge in [0.25, 0.3) is 0 Å². The Bertz CT molecular complexity index is 250. The molecule has 0 spiro atoms. The standard InChI is InChI=1S/C8H10N2S/c1-4-6-8(9-3)11-7(5-2)10-6/h4H,1,3,5H2,2H3. The summed E-state index contributed by atoms with van der Waals surface area (Å²) in [4.78, 5) is 8.13. The zero-order chi connectivity index (χ0) is 8.27. The van der Waals surface area contributed by atoms with Crippen LogP contribution in [0.4, 0.5) is 5.00 Å². The molecule has 1 heterocycles. The summed E-state index contributed by atoms with van der Waals surface area (Å²) in [7, 11) is 0. The molecule has 0 fully saturated rings. The molecule has 0 N–H and O–H groups in total. The van der Waals surface area contributed by atoms with Gasteiger partial charge in [-0.15, -0.1) is 0 Å². The maximum atomic E-state index is 4.28. The Kier molecular flexibility index (Phi) is 2.54. The van der Waals surface area contributed by atoms with E-state index >= 15 is 0 Å². The molecule has 0 bridgehead atoms. The molecule has 0 radical (unpaired) electrons. The van der Waals surface area contributed by atoms with Gasteiger partial charge in [0.2, 0.25) is 0 Å². The van der Waals surface area contributed by atoms with Crippen molar-refractivity contribution in [1.29, 1.82) is 0 Å². The average molecular weight is 166 g/mol. The van der Waals surface area contributed by atoms with E-state index < -0.39 is 0 Å². The van der Waals surface area contributed by atoms with Crippen LogP contribution in [0.25, 0.3) is 6.08 Å². The molecular formula is C8H10N2S. The third kappa shape index (κ3) is 1.54. The van der Waals surface area contributed by atoms with Crippen molar-refractivity contribution in [2.24, 2.45) is 4.99 Å². The van der Waals surface area contributed by atoms with E-state index in [1.165, 1.54) is 0 Å². The van der Waals surface area contributed by atoms with Crippen LogP contribution in [0.3, 0.4) is 0 Å². The predicted octanol–water partition coefficient (Wildman–Crippen LogP) is 2.68. The summed E-state index contributed by atoms with van der Waals surface area (Å²) >= 11 is 1.57. The molecule has 0 aliphatic rings. The second kappa shape index (κ2) is 3.44. The second-order valence-corrected chi connectivity index (χ2v) is 3.08. The van der Waals surface area contributed by atoms with Gasteiger partial charge in [-0.3, -0.25) is 4.99 Å². The minimum absolute atomic E-state index is 0.849. The first-order valence-corrected chi connectivity index (χ1v) is 4.22. The van der Waals surface area contributed by atoms with Gasteiger partial charge >= 0.3 is 0 Å². The number of aryl methyl sites for hydroxylation is 1. The lowest BCUT2D eigenvalue weighted by molar-refractivity contribution is 1.09. The van der Waals surface area contributed by atoms with Crippen molar-refractivity contribution >= 4 is 29.1 Å². The summed E-state index contributed by atoms with van der Waals surface area (Å²) < 4.78 is 0. The first-order chi connectivity index (χ1) is 5.31. The molecule has 0 saturated carbocycles. The Morgan fingerprint density at radius 1 is 1.73 bits per heavy atom. The van der Waals surface area contributed by atoms with Gasteiger partial charge in [-0.1, -0.05) is 24.8 Å². The number of thiazole rings is 1.